The average Bonchev–Trinajstić information content (AvgIpc) is 2.33. The molecule has 112 valence electrons. The summed E-state index contributed by atoms with van der Waals surface area (Å²) in [6.07, 6.45) is 0.405. The van der Waals surface area contributed by atoms with E-state index in [1.165, 1.54) is 19.1 Å². The van der Waals surface area contributed by atoms with Crippen LogP contribution in [-0.2, 0) is 10.0 Å². The third kappa shape index (κ3) is 4.26. The van der Waals surface area contributed by atoms with Gasteiger partial charge in [0, 0.05) is 12.6 Å². The minimum Gasteiger partial charge on any atom is -0.393 e. The van der Waals surface area contributed by atoms with E-state index in [0.29, 0.717) is 18.4 Å². The van der Waals surface area contributed by atoms with Crippen molar-refractivity contribution in [3.63, 3.8) is 0 Å². The summed E-state index contributed by atoms with van der Waals surface area (Å²) in [5, 5.41) is 20.0. The maximum Gasteiger partial charge on any atom is 0.289 e. The van der Waals surface area contributed by atoms with Gasteiger partial charge in [-0.3, -0.25) is 10.1 Å². The van der Waals surface area contributed by atoms with E-state index >= 15 is 0 Å². The molecule has 1 atom stereocenters. The molecule has 1 rings (SSSR count). The maximum absolute atomic E-state index is 12.1. The Kier molecular flexibility index (Phi) is 5.61. The molecule has 8 heteroatoms. The quantitative estimate of drug-likeness (QED) is 0.449. The van der Waals surface area contributed by atoms with Crippen LogP contribution in [0, 0.1) is 17.0 Å². The van der Waals surface area contributed by atoms with Crippen LogP contribution in [0.3, 0.4) is 0 Å². The van der Waals surface area contributed by atoms with Gasteiger partial charge in [-0.05, 0) is 32.3 Å². The molecule has 0 saturated heterocycles. The van der Waals surface area contributed by atoms with Gasteiger partial charge in [0.25, 0.3) is 5.69 Å². The summed E-state index contributed by atoms with van der Waals surface area (Å²) in [6, 6.07) is 4.12. The Balaban J connectivity index is 2.95. The van der Waals surface area contributed by atoms with E-state index in [2.05, 4.69) is 4.72 Å². The number of nitrogens with zero attached hydrogens (tertiary/aromatic N) is 1. The van der Waals surface area contributed by atoms with Gasteiger partial charge in [0.2, 0.25) is 10.0 Å². The Morgan fingerprint density at radius 1 is 1.45 bits per heavy atom. The fourth-order valence-corrected chi connectivity index (χ4v) is 3.27. The van der Waals surface area contributed by atoms with Crippen molar-refractivity contribution in [3.8, 4) is 0 Å². The summed E-state index contributed by atoms with van der Waals surface area (Å²) in [4.78, 5) is 9.91. The maximum atomic E-state index is 12.1. The Bertz CT molecular complexity index is 584. The Morgan fingerprint density at radius 3 is 2.65 bits per heavy atom. The normalized spacial score (nSPS) is 13.2. The number of hydrogen-bond acceptors (Lipinski definition) is 5. The first-order chi connectivity index (χ1) is 9.25. The largest absolute Gasteiger partial charge is 0.393 e. The monoisotopic (exact) mass is 302 g/mol. The molecule has 1 unspecified atom stereocenters. The molecule has 7 nitrogen and oxygen atoms in total. The second-order valence-electron chi connectivity index (χ2n) is 4.57. The van der Waals surface area contributed by atoms with E-state index in [1.54, 1.807) is 6.92 Å². The standard InChI is InChI=1S/C12H18N2O5S/c1-9-5-3-7-11(14(16)17)12(9)20(18,19)13-8-4-6-10(2)15/h3,5,7,10,13,15H,4,6,8H2,1-2H3. The lowest BCUT2D eigenvalue weighted by Gasteiger charge is -2.10. The van der Waals surface area contributed by atoms with Crippen molar-refractivity contribution in [1.82, 2.24) is 4.72 Å². The Labute approximate surface area is 117 Å². The number of aliphatic hydroxyl groups is 1. The summed E-state index contributed by atoms with van der Waals surface area (Å²) < 4.78 is 26.6. The zero-order valence-corrected chi connectivity index (χ0v) is 12.2. The third-order valence-corrected chi connectivity index (χ3v) is 4.40. The third-order valence-electron chi connectivity index (χ3n) is 2.75. The molecule has 0 aromatic heterocycles. The van der Waals surface area contributed by atoms with E-state index in [1.807, 2.05) is 0 Å². The van der Waals surface area contributed by atoms with Gasteiger partial charge in [0.05, 0.1) is 11.0 Å². The predicted molar refractivity (Wildman–Crippen MR) is 73.9 cm³/mol. The van der Waals surface area contributed by atoms with Crippen molar-refractivity contribution in [1.29, 1.82) is 0 Å². The number of nitro groups is 1. The van der Waals surface area contributed by atoms with Crippen LogP contribution in [0.25, 0.3) is 0 Å². The van der Waals surface area contributed by atoms with Gasteiger partial charge in [-0.25, -0.2) is 13.1 Å². The first-order valence-corrected chi connectivity index (χ1v) is 7.65. The zero-order valence-electron chi connectivity index (χ0n) is 11.4. The molecule has 20 heavy (non-hydrogen) atoms. The molecule has 0 spiro atoms. The molecule has 0 aliphatic rings. The van der Waals surface area contributed by atoms with Crippen LogP contribution in [0.2, 0.25) is 0 Å². The minimum atomic E-state index is -3.94. The number of aryl methyl sites for hydroxylation is 1. The summed E-state index contributed by atoms with van der Waals surface area (Å²) in [5.41, 5.74) is -0.116. The number of hydrogen-bond donors (Lipinski definition) is 2. The molecule has 0 aliphatic carbocycles. The van der Waals surface area contributed by atoms with Crippen molar-refractivity contribution in [2.75, 3.05) is 6.54 Å². The number of nitro benzene ring substituents is 1. The van der Waals surface area contributed by atoms with Crippen molar-refractivity contribution < 1.29 is 18.4 Å². The van der Waals surface area contributed by atoms with Crippen LogP contribution >= 0.6 is 0 Å². The smallest absolute Gasteiger partial charge is 0.289 e. The Hall–Kier alpha value is -1.51. The minimum absolute atomic E-state index is 0.124. The van der Waals surface area contributed by atoms with Crippen molar-refractivity contribution in [3.05, 3.63) is 33.9 Å². The van der Waals surface area contributed by atoms with Gasteiger partial charge >= 0.3 is 0 Å². The van der Waals surface area contributed by atoms with Crippen molar-refractivity contribution in [2.24, 2.45) is 0 Å². The van der Waals surface area contributed by atoms with Gasteiger partial charge in [-0.1, -0.05) is 12.1 Å². The summed E-state index contributed by atoms with van der Waals surface area (Å²) >= 11 is 0. The van der Waals surface area contributed by atoms with E-state index in [4.69, 9.17) is 5.11 Å². The van der Waals surface area contributed by atoms with E-state index in [0.717, 1.165) is 6.07 Å². The average molecular weight is 302 g/mol. The molecule has 0 saturated carbocycles. The molecule has 0 amide bonds. The number of rotatable bonds is 7. The highest BCUT2D eigenvalue weighted by molar-refractivity contribution is 7.89. The van der Waals surface area contributed by atoms with Gasteiger partial charge in [0.15, 0.2) is 4.90 Å². The second kappa shape index (κ2) is 6.78. The predicted octanol–water partition coefficient (Wildman–Crippen LogP) is 1.34. The first-order valence-electron chi connectivity index (χ1n) is 6.17. The highest BCUT2D eigenvalue weighted by Gasteiger charge is 2.27. The van der Waals surface area contributed by atoms with Crippen LogP contribution < -0.4 is 4.72 Å². The molecule has 1 aromatic carbocycles. The SMILES string of the molecule is Cc1cccc([N+](=O)[O-])c1S(=O)(=O)NCCCC(C)O. The number of nitrogens with one attached hydrogen (secondary N) is 1. The first kappa shape index (κ1) is 16.5. The van der Waals surface area contributed by atoms with Gasteiger partial charge in [-0.15, -0.1) is 0 Å². The highest BCUT2D eigenvalue weighted by Crippen LogP contribution is 2.26. The van der Waals surface area contributed by atoms with Crippen molar-refractivity contribution >= 4 is 15.7 Å². The van der Waals surface area contributed by atoms with Gasteiger partial charge in [-0.2, -0.15) is 0 Å². The molecule has 0 radical (unpaired) electrons. The van der Waals surface area contributed by atoms with Crippen LogP contribution in [-0.4, -0.2) is 31.1 Å². The van der Waals surface area contributed by atoms with E-state index < -0.39 is 26.7 Å². The molecule has 0 heterocycles. The number of aliphatic hydroxyl groups excluding tert-OH is 1. The summed E-state index contributed by atoms with van der Waals surface area (Å²) in [5.74, 6) is 0. The molecular formula is C12H18N2O5S. The van der Waals surface area contributed by atoms with Crippen LogP contribution in [0.5, 0.6) is 0 Å². The zero-order chi connectivity index (χ0) is 15.3. The Morgan fingerprint density at radius 2 is 2.10 bits per heavy atom. The van der Waals surface area contributed by atoms with E-state index in [-0.39, 0.29) is 11.4 Å². The molecule has 0 fully saturated rings. The molecular weight excluding hydrogens is 284 g/mol. The van der Waals surface area contributed by atoms with Crippen LogP contribution in [0.1, 0.15) is 25.3 Å². The number of sulfonamides is 1. The summed E-state index contributed by atoms with van der Waals surface area (Å²) in [6.45, 7) is 3.25. The fourth-order valence-electron chi connectivity index (χ4n) is 1.81. The lowest BCUT2D eigenvalue weighted by Crippen LogP contribution is -2.26. The lowest BCUT2D eigenvalue weighted by molar-refractivity contribution is -0.387. The molecule has 0 bridgehead atoms. The van der Waals surface area contributed by atoms with Gasteiger partial charge in [0.1, 0.15) is 0 Å². The molecule has 0 aliphatic heterocycles. The fraction of sp³-hybridized carbons (Fsp3) is 0.500. The molecule has 1 aromatic rings. The highest BCUT2D eigenvalue weighted by atomic mass is 32.2. The van der Waals surface area contributed by atoms with Gasteiger partial charge < -0.3 is 5.11 Å². The van der Waals surface area contributed by atoms with Crippen molar-refractivity contribution in [2.45, 2.75) is 37.7 Å². The number of benzene rings is 1. The second-order valence-corrected chi connectivity index (χ2v) is 6.27. The lowest BCUT2D eigenvalue weighted by atomic mass is 10.2. The van der Waals surface area contributed by atoms with Crippen LogP contribution in [0.4, 0.5) is 5.69 Å². The van der Waals surface area contributed by atoms with Crippen LogP contribution in [0.15, 0.2) is 23.1 Å². The topological polar surface area (TPSA) is 110 Å². The molecule has 2 N–H and O–H groups in total. The van der Waals surface area contributed by atoms with E-state index in [9.17, 15) is 18.5 Å². The summed E-state index contributed by atoms with van der Waals surface area (Å²) in [7, 11) is -3.94.